The van der Waals surface area contributed by atoms with Crippen LogP contribution in [0.1, 0.15) is 35.9 Å². The SMILES string of the molecule is COC(=O)c1ccc(N)c(C(C)C)n1. The van der Waals surface area contributed by atoms with Gasteiger partial charge in [0, 0.05) is 0 Å². The molecular weight excluding hydrogens is 180 g/mol. The number of rotatable bonds is 2. The third kappa shape index (κ3) is 2.02. The lowest BCUT2D eigenvalue weighted by atomic mass is 10.1. The van der Waals surface area contributed by atoms with Gasteiger partial charge in [-0.2, -0.15) is 0 Å². The lowest BCUT2D eigenvalue weighted by Crippen LogP contribution is -2.08. The third-order valence-corrected chi connectivity index (χ3v) is 1.90. The van der Waals surface area contributed by atoms with E-state index in [9.17, 15) is 4.79 Å². The van der Waals surface area contributed by atoms with E-state index in [2.05, 4.69) is 9.72 Å². The zero-order valence-electron chi connectivity index (χ0n) is 8.57. The summed E-state index contributed by atoms with van der Waals surface area (Å²) in [7, 11) is 1.33. The standard InChI is InChI=1S/C10H14N2O2/c1-6(2)9-7(11)4-5-8(12-9)10(13)14-3/h4-6H,11H2,1-3H3. The van der Waals surface area contributed by atoms with Gasteiger partial charge in [0.05, 0.1) is 18.5 Å². The van der Waals surface area contributed by atoms with Crippen LogP contribution >= 0.6 is 0 Å². The Kier molecular flexibility index (Phi) is 3.06. The molecule has 0 aliphatic rings. The quantitative estimate of drug-likeness (QED) is 0.726. The summed E-state index contributed by atoms with van der Waals surface area (Å²) in [5.74, 6) is -0.244. The molecule has 0 saturated heterocycles. The zero-order valence-corrected chi connectivity index (χ0v) is 8.57. The maximum atomic E-state index is 11.2. The number of carbonyl (C=O) groups excluding carboxylic acids is 1. The Morgan fingerprint density at radius 3 is 2.64 bits per heavy atom. The van der Waals surface area contributed by atoms with Crippen LogP contribution in [0.2, 0.25) is 0 Å². The molecule has 0 radical (unpaired) electrons. The van der Waals surface area contributed by atoms with E-state index < -0.39 is 5.97 Å². The minimum Gasteiger partial charge on any atom is -0.464 e. The Morgan fingerprint density at radius 2 is 2.14 bits per heavy atom. The first kappa shape index (κ1) is 10.5. The Bertz CT molecular complexity index is 348. The molecular formula is C10H14N2O2. The van der Waals surface area contributed by atoms with Gasteiger partial charge >= 0.3 is 5.97 Å². The Balaban J connectivity index is 3.13. The van der Waals surface area contributed by atoms with Gasteiger partial charge in [-0.25, -0.2) is 9.78 Å². The number of nitrogens with two attached hydrogens (primary N) is 1. The molecule has 1 rings (SSSR count). The number of nitrogens with zero attached hydrogens (tertiary/aromatic N) is 1. The lowest BCUT2D eigenvalue weighted by molar-refractivity contribution is 0.0594. The van der Waals surface area contributed by atoms with Crippen LogP contribution in [0.15, 0.2) is 12.1 Å². The smallest absolute Gasteiger partial charge is 0.356 e. The van der Waals surface area contributed by atoms with Crippen LogP contribution in [0, 0.1) is 0 Å². The fourth-order valence-electron chi connectivity index (χ4n) is 1.17. The van der Waals surface area contributed by atoms with Crippen LogP contribution in [0.5, 0.6) is 0 Å². The van der Waals surface area contributed by atoms with Gasteiger partial charge in [-0.3, -0.25) is 0 Å². The average Bonchev–Trinajstić information content (AvgIpc) is 2.17. The van der Waals surface area contributed by atoms with Crippen LogP contribution in [-0.4, -0.2) is 18.1 Å². The highest BCUT2D eigenvalue weighted by Gasteiger charge is 2.12. The van der Waals surface area contributed by atoms with Gasteiger partial charge in [-0.15, -0.1) is 0 Å². The molecule has 76 valence electrons. The van der Waals surface area contributed by atoms with E-state index in [-0.39, 0.29) is 5.92 Å². The molecule has 14 heavy (non-hydrogen) atoms. The molecule has 0 atom stereocenters. The van der Waals surface area contributed by atoms with E-state index in [1.807, 2.05) is 13.8 Å². The number of anilines is 1. The normalized spacial score (nSPS) is 10.3. The van der Waals surface area contributed by atoms with Gasteiger partial charge in [0.15, 0.2) is 0 Å². The van der Waals surface area contributed by atoms with Crippen LogP contribution < -0.4 is 5.73 Å². The average molecular weight is 194 g/mol. The molecule has 1 heterocycles. The molecule has 0 fully saturated rings. The molecule has 0 unspecified atom stereocenters. The Hall–Kier alpha value is -1.58. The minimum absolute atomic E-state index is 0.194. The van der Waals surface area contributed by atoms with Crippen molar-refractivity contribution in [1.29, 1.82) is 0 Å². The molecule has 0 spiro atoms. The van der Waals surface area contributed by atoms with Gasteiger partial charge in [0.2, 0.25) is 0 Å². The topological polar surface area (TPSA) is 65.2 Å². The molecule has 0 aromatic carbocycles. The van der Waals surface area contributed by atoms with E-state index in [0.717, 1.165) is 5.69 Å². The fourth-order valence-corrected chi connectivity index (χ4v) is 1.17. The maximum Gasteiger partial charge on any atom is 0.356 e. The molecule has 0 amide bonds. The van der Waals surface area contributed by atoms with Gasteiger partial charge in [0.1, 0.15) is 5.69 Å². The zero-order chi connectivity index (χ0) is 10.7. The monoisotopic (exact) mass is 194 g/mol. The second-order valence-corrected chi connectivity index (χ2v) is 3.32. The first-order valence-corrected chi connectivity index (χ1v) is 4.41. The number of hydrogen-bond acceptors (Lipinski definition) is 4. The van der Waals surface area contributed by atoms with Crippen molar-refractivity contribution in [3.63, 3.8) is 0 Å². The third-order valence-electron chi connectivity index (χ3n) is 1.90. The molecule has 1 aromatic rings. The number of nitrogen functional groups attached to an aromatic ring is 1. The largest absolute Gasteiger partial charge is 0.464 e. The number of pyridine rings is 1. The van der Waals surface area contributed by atoms with Crippen molar-refractivity contribution in [3.8, 4) is 0 Å². The second kappa shape index (κ2) is 4.09. The Morgan fingerprint density at radius 1 is 1.50 bits per heavy atom. The first-order chi connectivity index (χ1) is 6.56. The van der Waals surface area contributed by atoms with Crippen LogP contribution in [-0.2, 0) is 4.74 Å². The molecule has 4 nitrogen and oxygen atoms in total. The van der Waals surface area contributed by atoms with Gasteiger partial charge < -0.3 is 10.5 Å². The second-order valence-electron chi connectivity index (χ2n) is 3.32. The molecule has 0 bridgehead atoms. The highest BCUT2D eigenvalue weighted by Crippen LogP contribution is 2.19. The van der Waals surface area contributed by atoms with E-state index in [0.29, 0.717) is 11.4 Å². The summed E-state index contributed by atoms with van der Waals surface area (Å²) in [4.78, 5) is 15.3. The molecule has 1 aromatic heterocycles. The van der Waals surface area contributed by atoms with Gasteiger partial charge in [0.25, 0.3) is 0 Å². The summed E-state index contributed by atoms with van der Waals surface area (Å²) < 4.78 is 4.57. The van der Waals surface area contributed by atoms with Crippen LogP contribution in [0.3, 0.4) is 0 Å². The highest BCUT2D eigenvalue weighted by molar-refractivity contribution is 5.87. The van der Waals surface area contributed by atoms with Gasteiger partial charge in [-0.05, 0) is 18.1 Å². The predicted octanol–water partition coefficient (Wildman–Crippen LogP) is 1.57. The van der Waals surface area contributed by atoms with E-state index >= 15 is 0 Å². The highest BCUT2D eigenvalue weighted by atomic mass is 16.5. The Labute approximate surface area is 83.1 Å². The van der Waals surface area contributed by atoms with Crippen molar-refractivity contribution < 1.29 is 9.53 Å². The number of esters is 1. The summed E-state index contributed by atoms with van der Waals surface area (Å²) in [6.07, 6.45) is 0. The number of ether oxygens (including phenoxy) is 1. The molecule has 2 N–H and O–H groups in total. The van der Waals surface area contributed by atoms with Gasteiger partial charge in [-0.1, -0.05) is 13.8 Å². The summed E-state index contributed by atoms with van der Waals surface area (Å²) in [6.45, 7) is 3.94. The van der Waals surface area contributed by atoms with Crippen molar-refractivity contribution >= 4 is 11.7 Å². The van der Waals surface area contributed by atoms with Crippen molar-refractivity contribution in [2.24, 2.45) is 0 Å². The first-order valence-electron chi connectivity index (χ1n) is 4.41. The number of hydrogen-bond donors (Lipinski definition) is 1. The molecule has 0 aliphatic heterocycles. The van der Waals surface area contributed by atoms with Crippen molar-refractivity contribution in [2.75, 3.05) is 12.8 Å². The van der Waals surface area contributed by atoms with E-state index in [1.54, 1.807) is 12.1 Å². The number of methoxy groups -OCH3 is 1. The summed E-state index contributed by atoms with van der Waals surface area (Å²) in [5.41, 5.74) is 7.35. The molecule has 4 heteroatoms. The van der Waals surface area contributed by atoms with Crippen LogP contribution in [0.25, 0.3) is 0 Å². The summed E-state index contributed by atoms with van der Waals surface area (Å²) in [5, 5.41) is 0. The lowest BCUT2D eigenvalue weighted by Gasteiger charge is -2.09. The number of aromatic nitrogens is 1. The number of carbonyl (C=O) groups is 1. The predicted molar refractivity (Wildman–Crippen MR) is 54.1 cm³/mol. The summed E-state index contributed by atoms with van der Waals surface area (Å²) >= 11 is 0. The molecule has 0 saturated carbocycles. The maximum absolute atomic E-state index is 11.2. The fraction of sp³-hybridized carbons (Fsp3) is 0.400. The molecule has 0 aliphatic carbocycles. The van der Waals surface area contributed by atoms with E-state index in [1.165, 1.54) is 7.11 Å². The minimum atomic E-state index is -0.438. The van der Waals surface area contributed by atoms with Crippen molar-refractivity contribution in [1.82, 2.24) is 4.98 Å². The summed E-state index contributed by atoms with van der Waals surface area (Å²) in [6, 6.07) is 3.24. The van der Waals surface area contributed by atoms with E-state index in [4.69, 9.17) is 5.73 Å². The van der Waals surface area contributed by atoms with Crippen molar-refractivity contribution in [3.05, 3.63) is 23.5 Å². The van der Waals surface area contributed by atoms with Crippen LogP contribution in [0.4, 0.5) is 5.69 Å². The van der Waals surface area contributed by atoms with Crippen molar-refractivity contribution in [2.45, 2.75) is 19.8 Å².